The van der Waals surface area contributed by atoms with Crippen molar-refractivity contribution < 1.29 is 0 Å². The van der Waals surface area contributed by atoms with Crippen LogP contribution in [0.2, 0.25) is 0 Å². The van der Waals surface area contributed by atoms with Crippen LogP contribution in [0.5, 0.6) is 0 Å². The number of anilines is 1. The lowest BCUT2D eigenvalue weighted by molar-refractivity contribution is 1.04. The van der Waals surface area contributed by atoms with Gasteiger partial charge in [-0.1, -0.05) is 18.2 Å². The third kappa shape index (κ3) is 1.66. The lowest BCUT2D eigenvalue weighted by Crippen LogP contribution is -1.96. The van der Waals surface area contributed by atoms with Crippen LogP contribution < -0.4 is 5.73 Å². The highest BCUT2D eigenvalue weighted by atomic mass is 79.9. The van der Waals surface area contributed by atoms with E-state index >= 15 is 0 Å². The Hall–Kier alpha value is -1.95. The van der Waals surface area contributed by atoms with Gasteiger partial charge in [-0.2, -0.15) is 5.10 Å². The van der Waals surface area contributed by atoms with Crippen molar-refractivity contribution in [2.45, 2.75) is 0 Å². The van der Waals surface area contributed by atoms with Gasteiger partial charge >= 0.3 is 0 Å². The predicted octanol–water partition coefficient (Wildman–Crippen LogP) is 2.36. The van der Waals surface area contributed by atoms with Crippen LogP contribution >= 0.6 is 15.9 Å². The van der Waals surface area contributed by atoms with Crippen molar-refractivity contribution in [2.24, 2.45) is 0 Å². The molecule has 0 saturated carbocycles. The highest BCUT2D eigenvalue weighted by Gasteiger charge is 2.08. The van der Waals surface area contributed by atoms with Crippen molar-refractivity contribution in [2.75, 3.05) is 5.73 Å². The summed E-state index contributed by atoms with van der Waals surface area (Å²) in [6.07, 6.45) is 1.78. The molecular weight excluding hydrogens is 282 g/mol. The normalized spacial score (nSPS) is 10.9. The molecule has 0 amide bonds. The zero-order chi connectivity index (χ0) is 11.8. The summed E-state index contributed by atoms with van der Waals surface area (Å²) < 4.78 is 0.735. The minimum atomic E-state index is 0.380. The summed E-state index contributed by atoms with van der Waals surface area (Å²) in [5, 5.41) is 16.0. The first kappa shape index (κ1) is 10.2. The van der Waals surface area contributed by atoms with Gasteiger partial charge in [-0.25, -0.2) is 0 Å². The molecule has 0 fully saturated rings. The van der Waals surface area contributed by atoms with Crippen LogP contribution in [0.1, 0.15) is 0 Å². The number of hydrogen-bond acceptors (Lipinski definition) is 4. The summed E-state index contributed by atoms with van der Waals surface area (Å²) in [6.45, 7) is 0. The molecule has 0 aliphatic heterocycles. The van der Waals surface area contributed by atoms with Crippen LogP contribution in [0.25, 0.3) is 22.2 Å². The highest BCUT2D eigenvalue weighted by molar-refractivity contribution is 9.10. The van der Waals surface area contributed by atoms with E-state index in [-0.39, 0.29) is 0 Å². The molecule has 6 heteroatoms. The Morgan fingerprint density at radius 2 is 2.12 bits per heavy atom. The van der Waals surface area contributed by atoms with Crippen molar-refractivity contribution in [1.82, 2.24) is 20.4 Å². The van der Waals surface area contributed by atoms with E-state index < -0.39 is 0 Å². The summed E-state index contributed by atoms with van der Waals surface area (Å²) in [4.78, 5) is 0. The molecule has 0 atom stereocenters. The fraction of sp³-hybridized carbons (Fsp3) is 0. The number of nitrogens with zero attached hydrogens (tertiary/aromatic N) is 3. The summed E-state index contributed by atoms with van der Waals surface area (Å²) in [7, 11) is 0. The molecule has 17 heavy (non-hydrogen) atoms. The number of fused-ring (bicyclic) bond motifs is 1. The van der Waals surface area contributed by atoms with Gasteiger partial charge in [0.2, 0.25) is 0 Å². The van der Waals surface area contributed by atoms with Crippen molar-refractivity contribution in [3.05, 3.63) is 34.9 Å². The standard InChI is InChI=1S/C11H8BrN5/c12-8-4-9(15-17-11(8)13)7-3-1-2-6-5-14-16-10(6)7/h1-5H,(H2,13,17)(H,14,16). The largest absolute Gasteiger partial charge is 0.381 e. The van der Waals surface area contributed by atoms with Gasteiger partial charge in [0.15, 0.2) is 5.82 Å². The maximum absolute atomic E-state index is 5.62. The molecule has 3 N–H and O–H groups in total. The van der Waals surface area contributed by atoms with Gasteiger partial charge in [-0.15, -0.1) is 10.2 Å². The molecular formula is C11H8BrN5. The number of aromatic nitrogens is 4. The van der Waals surface area contributed by atoms with Gasteiger partial charge in [0, 0.05) is 10.9 Å². The fourth-order valence-electron chi connectivity index (χ4n) is 1.69. The number of nitrogen functional groups attached to an aromatic ring is 1. The molecule has 3 aromatic rings. The molecule has 0 aliphatic rings. The molecule has 0 radical (unpaired) electrons. The number of hydrogen-bond donors (Lipinski definition) is 2. The highest BCUT2D eigenvalue weighted by Crippen LogP contribution is 2.28. The number of rotatable bonds is 1. The molecule has 0 aliphatic carbocycles. The van der Waals surface area contributed by atoms with Gasteiger partial charge in [-0.3, -0.25) is 5.10 Å². The number of aromatic amines is 1. The Morgan fingerprint density at radius 3 is 2.94 bits per heavy atom. The van der Waals surface area contributed by atoms with Crippen LogP contribution in [0.3, 0.4) is 0 Å². The third-order valence-electron chi connectivity index (χ3n) is 2.53. The van der Waals surface area contributed by atoms with Gasteiger partial charge < -0.3 is 5.73 Å². The minimum Gasteiger partial charge on any atom is -0.381 e. The number of nitrogens with one attached hydrogen (secondary N) is 1. The molecule has 0 unspecified atom stereocenters. The number of H-pyrrole nitrogens is 1. The number of para-hydroxylation sites is 1. The van der Waals surface area contributed by atoms with E-state index in [9.17, 15) is 0 Å². The van der Waals surface area contributed by atoms with Gasteiger partial charge in [0.25, 0.3) is 0 Å². The molecule has 0 bridgehead atoms. The molecule has 3 rings (SSSR count). The first-order chi connectivity index (χ1) is 8.25. The molecule has 5 nitrogen and oxygen atoms in total. The van der Waals surface area contributed by atoms with Crippen molar-refractivity contribution in [3.8, 4) is 11.3 Å². The molecule has 2 heterocycles. The summed E-state index contributed by atoms with van der Waals surface area (Å²) >= 11 is 3.34. The van der Waals surface area contributed by atoms with Crippen molar-refractivity contribution in [3.63, 3.8) is 0 Å². The molecule has 1 aromatic carbocycles. The topological polar surface area (TPSA) is 80.5 Å². The van der Waals surface area contributed by atoms with E-state index in [0.717, 1.165) is 26.6 Å². The zero-order valence-electron chi connectivity index (χ0n) is 8.68. The van der Waals surface area contributed by atoms with E-state index in [2.05, 4.69) is 36.3 Å². The maximum atomic E-state index is 5.62. The van der Waals surface area contributed by atoms with Crippen LogP contribution in [0.4, 0.5) is 5.82 Å². The maximum Gasteiger partial charge on any atom is 0.160 e. The number of halogens is 1. The Balaban J connectivity index is 2.26. The zero-order valence-corrected chi connectivity index (χ0v) is 10.3. The molecule has 0 spiro atoms. The Morgan fingerprint density at radius 1 is 1.24 bits per heavy atom. The first-order valence-electron chi connectivity index (χ1n) is 4.97. The average molecular weight is 290 g/mol. The van der Waals surface area contributed by atoms with Crippen LogP contribution in [-0.2, 0) is 0 Å². The first-order valence-corrected chi connectivity index (χ1v) is 5.76. The lowest BCUT2D eigenvalue weighted by atomic mass is 10.1. The van der Waals surface area contributed by atoms with E-state index in [1.807, 2.05) is 24.3 Å². The molecule has 2 aromatic heterocycles. The van der Waals surface area contributed by atoms with Gasteiger partial charge in [-0.05, 0) is 22.0 Å². The SMILES string of the molecule is Nc1nnc(-c2cccc3cn[nH]c23)cc1Br. The summed E-state index contributed by atoms with van der Waals surface area (Å²) in [6, 6.07) is 7.76. The average Bonchev–Trinajstić information content (AvgIpc) is 2.80. The van der Waals surface area contributed by atoms with E-state index in [4.69, 9.17) is 5.73 Å². The fourth-order valence-corrected chi connectivity index (χ4v) is 1.99. The third-order valence-corrected chi connectivity index (χ3v) is 3.16. The Kier molecular flexibility index (Phi) is 2.29. The predicted molar refractivity (Wildman–Crippen MR) is 69.2 cm³/mol. The molecule has 0 saturated heterocycles. The minimum absolute atomic E-state index is 0.380. The van der Waals surface area contributed by atoms with Crippen LogP contribution in [0, 0.1) is 0 Å². The second-order valence-corrected chi connectivity index (χ2v) is 4.46. The quantitative estimate of drug-likeness (QED) is 0.721. The van der Waals surface area contributed by atoms with E-state index in [1.54, 1.807) is 6.20 Å². The number of nitrogens with two attached hydrogens (primary N) is 1. The second-order valence-electron chi connectivity index (χ2n) is 3.60. The second kappa shape index (κ2) is 3.81. The monoisotopic (exact) mass is 289 g/mol. The number of benzene rings is 1. The summed E-state index contributed by atoms with van der Waals surface area (Å²) in [5.74, 6) is 0.380. The van der Waals surface area contributed by atoms with Crippen LogP contribution in [0.15, 0.2) is 34.9 Å². The molecule has 84 valence electrons. The Labute approximate surface area is 105 Å². The van der Waals surface area contributed by atoms with E-state index in [1.165, 1.54) is 0 Å². The Bertz CT molecular complexity index is 691. The van der Waals surface area contributed by atoms with E-state index in [0.29, 0.717) is 5.82 Å². The van der Waals surface area contributed by atoms with Crippen molar-refractivity contribution in [1.29, 1.82) is 0 Å². The van der Waals surface area contributed by atoms with Crippen molar-refractivity contribution >= 4 is 32.7 Å². The van der Waals surface area contributed by atoms with Gasteiger partial charge in [0.05, 0.1) is 21.9 Å². The van der Waals surface area contributed by atoms with Gasteiger partial charge in [0.1, 0.15) is 0 Å². The lowest BCUT2D eigenvalue weighted by Gasteiger charge is -2.03. The van der Waals surface area contributed by atoms with Crippen LogP contribution in [-0.4, -0.2) is 20.4 Å². The smallest absolute Gasteiger partial charge is 0.160 e. The summed E-state index contributed by atoms with van der Waals surface area (Å²) in [5.41, 5.74) is 8.26.